The number of hydrogen-bond acceptors (Lipinski definition) is 1. The van der Waals surface area contributed by atoms with Crippen LogP contribution in [0.3, 0.4) is 0 Å². The highest BCUT2D eigenvalue weighted by Gasteiger charge is 2.53. The van der Waals surface area contributed by atoms with Gasteiger partial charge in [0.25, 0.3) is 0 Å². The first-order chi connectivity index (χ1) is 33.2. The van der Waals surface area contributed by atoms with Crippen molar-refractivity contribution in [3.63, 3.8) is 0 Å². The Balaban J connectivity index is 0.845. The Kier molecular flexibility index (Phi) is 8.83. The first kappa shape index (κ1) is 40.6. The van der Waals surface area contributed by atoms with Gasteiger partial charge in [0.1, 0.15) is 0 Å². The van der Waals surface area contributed by atoms with Crippen LogP contribution in [0, 0.1) is 11.3 Å². The van der Waals surface area contributed by atoms with Gasteiger partial charge in [-0.05, 0) is 213 Å². The molecule has 0 fully saturated rings. The van der Waals surface area contributed by atoms with Crippen LogP contribution in [0.5, 0.6) is 0 Å². The second-order valence-electron chi connectivity index (χ2n) is 22.3. The maximum atomic E-state index is 2.69. The van der Waals surface area contributed by atoms with Crippen molar-refractivity contribution >= 4 is 22.4 Å². The summed E-state index contributed by atoms with van der Waals surface area (Å²) in [5.41, 5.74) is 32.2. The predicted octanol–water partition coefficient (Wildman–Crippen LogP) is 17.2. The maximum Gasteiger partial charge on any atom is 0.0722 e. The van der Waals surface area contributed by atoms with Crippen molar-refractivity contribution in [3.05, 3.63) is 247 Å². The van der Waals surface area contributed by atoms with Gasteiger partial charge in [0.15, 0.2) is 0 Å². The summed E-state index contributed by atoms with van der Waals surface area (Å²) in [6.45, 7) is 10.0. The van der Waals surface area contributed by atoms with Crippen LogP contribution in [-0.4, -0.2) is 0 Å². The van der Waals surface area contributed by atoms with E-state index in [9.17, 15) is 0 Å². The van der Waals surface area contributed by atoms with E-state index in [4.69, 9.17) is 0 Å². The van der Waals surface area contributed by atoms with Crippen molar-refractivity contribution < 1.29 is 0 Å². The Morgan fingerprint density at radius 2 is 1.25 bits per heavy atom. The normalized spacial score (nSPS) is 25.0. The van der Waals surface area contributed by atoms with Gasteiger partial charge < -0.3 is 4.90 Å². The molecule has 4 aromatic carbocycles. The van der Waals surface area contributed by atoms with Gasteiger partial charge in [0.2, 0.25) is 0 Å². The third-order valence-corrected chi connectivity index (χ3v) is 18.4. The molecule has 4 aromatic rings. The molecular formula is C67H61N. The molecule has 0 N–H and O–H groups in total. The number of rotatable bonds is 5. The van der Waals surface area contributed by atoms with Crippen LogP contribution >= 0.6 is 0 Å². The summed E-state index contributed by atoms with van der Waals surface area (Å²) in [6.07, 6.45) is 41.3. The number of hydrogen-bond donors (Lipinski definition) is 0. The lowest BCUT2D eigenvalue weighted by molar-refractivity contribution is 0.329. The van der Waals surface area contributed by atoms with Gasteiger partial charge in [-0.15, -0.1) is 0 Å². The molecule has 10 aliphatic carbocycles. The average molecular weight is 880 g/mol. The molecule has 0 aromatic heterocycles. The number of anilines is 1. The topological polar surface area (TPSA) is 3.24 Å². The summed E-state index contributed by atoms with van der Waals surface area (Å²) >= 11 is 0. The van der Waals surface area contributed by atoms with E-state index in [1.165, 1.54) is 95.0 Å². The van der Waals surface area contributed by atoms with Crippen LogP contribution in [0.2, 0.25) is 0 Å². The Morgan fingerprint density at radius 3 is 2.09 bits per heavy atom. The maximum absolute atomic E-state index is 2.69. The number of nitrogens with zero attached hydrogens (tertiary/aromatic N) is 1. The summed E-state index contributed by atoms with van der Waals surface area (Å²) in [4.78, 5) is 2.69. The highest BCUT2D eigenvalue weighted by atomic mass is 15.2. The van der Waals surface area contributed by atoms with Crippen LogP contribution in [0.4, 0.5) is 5.69 Å². The molecule has 1 heteroatoms. The number of allylic oxidation sites excluding steroid dienone is 24. The molecule has 0 heterocycles. The number of benzene rings is 4. The molecule has 2 unspecified atom stereocenters. The van der Waals surface area contributed by atoms with Gasteiger partial charge in [0.05, 0.1) is 5.41 Å². The zero-order valence-electron chi connectivity index (χ0n) is 40.3. The minimum Gasteiger partial charge on any atom is -0.318 e. The molecule has 0 saturated carbocycles. The summed E-state index contributed by atoms with van der Waals surface area (Å²) < 4.78 is 0. The third-order valence-electron chi connectivity index (χ3n) is 18.4. The lowest BCUT2D eigenvalue weighted by Crippen LogP contribution is -2.30. The molecule has 1 nitrogen and oxygen atoms in total. The van der Waals surface area contributed by atoms with Crippen molar-refractivity contribution in [2.45, 2.75) is 109 Å². The molecule has 2 atom stereocenters. The molecule has 0 radical (unpaired) electrons. The van der Waals surface area contributed by atoms with E-state index in [2.05, 4.69) is 190 Å². The zero-order chi connectivity index (χ0) is 45.5. The van der Waals surface area contributed by atoms with Gasteiger partial charge in [-0.1, -0.05) is 161 Å². The minimum absolute atomic E-state index is 0.00652. The van der Waals surface area contributed by atoms with E-state index in [0.717, 1.165) is 70.6 Å². The third kappa shape index (κ3) is 5.57. The van der Waals surface area contributed by atoms with E-state index in [1.807, 2.05) is 0 Å². The minimum atomic E-state index is -0.276. The van der Waals surface area contributed by atoms with Crippen LogP contribution < -0.4 is 4.90 Å². The number of fused-ring (bicyclic) bond motifs is 13. The standard InChI is InChI=1S/C67H61N/c1-65(2)57-22-12-8-18-49(57)54-36-32-47(40-62(54)65)68(46-30-26-43(27-31-46)42-16-6-5-7-17-42)48-33-37-55-53-34-28-44(38-61(53)66(3,4)63(55)41-48)45-29-35-56-52-21-11-15-25-60(52)67(64(56)39-45)58-23-13-9-19-50(58)51-20-10-14-24-59(51)67/h5-6,8-9,11,13-16,18-19,21,23-26,29-30,32-33,35-40,63H,7,10,12,17,20,22,27-28,31,34,41H2,1-4H3. The first-order valence-electron chi connectivity index (χ1n) is 25.9. The summed E-state index contributed by atoms with van der Waals surface area (Å²) in [7, 11) is 0. The van der Waals surface area contributed by atoms with Gasteiger partial charge in [-0.25, -0.2) is 0 Å². The van der Waals surface area contributed by atoms with Crippen LogP contribution in [0.25, 0.3) is 27.8 Å². The molecule has 0 amide bonds. The molecule has 68 heavy (non-hydrogen) atoms. The Morgan fingerprint density at radius 1 is 0.515 bits per heavy atom. The van der Waals surface area contributed by atoms with Gasteiger partial charge >= 0.3 is 0 Å². The molecule has 0 aliphatic heterocycles. The van der Waals surface area contributed by atoms with Crippen LogP contribution in [0.15, 0.2) is 208 Å². The SMILES string of the molecule is CC1(C)C2=C(C=CCC2)c2ccc(N(C3=CC=C(C4=CC=CCC4)CC3)C3=CC=C4C5=C(C=C(c6ccc7c(c6)C6(C8=C(CCC=C8)c8ccccc86)c6ccccc6-7)CC5)C(C)(C)C4C3)cc21. The van der Waals surface area contributed by atoms with E-state index in [0.29, 0.717) is 5.92 Å². The highest BCUT2D eigenvalue weighted by Crippen LogP contribution is 2.64. The molecule has 334 valence electrons. The Labute approximate surface area is 404 Å². The zero-order valence-corrected chi connectivity index (χ0v) is 40.3. The predicted molar refractivity (Wildman–Crippen MR) is 285 cm³/mol. The van der Waals surface area contributed by atoms with E-state index in [1.54, 1.807) is 27.9 Å². The fraction of sp³-hybridized carbons (Fsp3) is 0.284. The van der Waals surface area contributed by atoms with Crippen molar-refractivity contribution in [2.75, 3.05) is 4.90 Å². The monoisotopic (exact) mass is 879 g/mol. The van der Waals surface area contributed by atoms with Crippen molar-refractivity contribution in [1.29, 1.82) is 0 Å². The lowest BCUT2D eigenvalue weighted by atomic mass is 9.68. The Bertz CT molecular complexity index is 3360. The molecule has 14 rings (SSSR count). The average Bonchev–Trinajstić information content (AvgIpc) is 4.01. The highest BCUT2D eigenvalue weighted by molar-refractivity contribution is 5.97. The van der Waals surface area contributed by atoms with Crippen molar-refractivity contribution in [2.24, 2.45) is 11.3 Å². The van der Waals surface area contributed by atoms with E-state index >= 15 is 0 Å². The second kappa shape index (κ2) is 14.8. The summed E-state index contributed by atoms with van der Waals surface area (Å²) in [5, 5.41) is 0. The summed E-state index contributed by atoms with van der Waals surface area (Å²) in [5.74, 6) is 0.418. The van der Waals surface area contributed by atoms with Gasteiger partial charge in [-0.3, -0.25) is 0 Å². The van der Waals surface area contributed by atoms with Gasteiger partial charge in [-0.2, -0.15) is 0 Å². The quantitative estimate of drug-likeness (QED) is 0.193. The lowest BCUT2D eigenvalue weighted by Gasteiger charge is -2.39. The molecule has 10 aliphatic rings. The smallest absolute Gasteiger partial charge is 0.0722 e. The second-order valence-corrected chi connectivity index (χ2v) is 22.3. The van der Waals surface area contributed by atoms with Crippen molar-refractivity contribution in [1.82, 2.24) is 0 Å². The fourth-order valence-corrected chi connectivity index (χ4v) is 15.0. The fourth-order valence-electron chi connectivity index (χ4n) is 15.0. The molecule has 0 saturated heterocycles. The largest absolute Gasteiger partial charge is 0.318 e. The van der Waals surface area contributed by atoms with E-state index in [-0.39, 0.29) is 16.2 Å². The summed E-state index contributed by atoms with van der Waals surface area (Å²) in [6, 6.07) is 33.6. The van der Waals surface area contributed by atoms with E-state index < -0.39 is 0 Å². The van der Waals surface area contributed by atoms with Crippen LogP contribution in [-0.2, 0) is 10.8 Å². The first-order valence-corrected chi connectivity index (χ1v) is 25.9. The molecule has 0 bridgehead atoms. The molecular weight excluding hydrogens is 819 g/mol. The van der Waals surface area contributed by atoms with Crippen LogP contribution in [0.1, 0.15) is 137 Å². The van der Waals surface area contributed by atoms with Crippen molar-refractivity contribution in [3.8, 4) is 11.1 Å². The van der Waals surface area contributed by atoms with Gasteiger partial charge in [0, 0.05) is 22.5 Å². The molecule has 1 spiro atoms. The Hall–Kier alpha value is -6.44.